The van der Waals surface area contributed by atoms with Gasteiger partial charge in [-0.1, -0.05) is 12.1 Å². The molecule has 0 spiro atoms. The van der Waals surface area contributed by atoms with E-state index < -0.39 is 17.5 Å². The Morgan fingerprint density at radius 3 is 2.73 bits per heavy atom. The van der Waals surface area contributed by atoms with E-state index in [1.807, 2.05) is 29.2 Å². The smallest absolute Gasteiger partial charge is 0.325 e. The first-order chi connectivity index (χ1) is 17.6. The molecule has 1 aromatic heterocycles. The fraction of sp³-hybridized carbons (Fsp3) is 0.333. The van der Waals surface area contributed by atoms with E-state index in [1.165, 1.54) is 18.3 Å². The number of anilines is 2. The lowest BCUT2D eigenvalue weighted by Gasteiger charge is -2.20. The minimum Gasteiger partial charge on any atom is -0.497 e. The first-order valence-electron chi connectivity index (χ1n) is 11.8. The maximum atomic E-state index is 13.7. The minimum atomic E-state index is -0.674. The van der Waals surface area contributed by atoms with Gasteiger partial charge < -0.3 is 24.4 Å². The van der Waals surface area contributed by atoms with Crippen molar-refractivity contribution in [1.29, 1.82) is 0 Å². The quantitative estimate of drug-likeness (QED) is 0.456. The van der Waals surface area contributed by atoms with Crippen LogP contribution in [0.25, 0.3) is 0 Å². The molecule has 1 aliphatic rings. The van der Waals surface area contributed by atoms with Crippen LogP contribution in [0.3, 0.4) is 0 Å². The number of hydrogen-bond donors (Lipinski definition) is 1. The van der Waals surface area contributed by atoms with E-state index in [4.69, 9.17) is 14.2 Å². The Morgan fingerprint density at radius 2 is 1.97 bits per heavy atom. The molecule has 3 aromatic rings. The van der Waals surface area contributed by atoms with Crippen molar-refractivity contribution in [3.63, 3.8) is 0 Å². The van der Waals surface area contributed by atoms with Gasteiger partial charge in [0.2, 0.25) is 11.8 Å². The number of aromatic nitrogens is 2. The first kappa shape index (κ1) is 25.9. The lowest BCUT2D eigenvalue weighted by molar-refractivity contribution is -0.153. The standard InChI is InChI=1S/C27H29FN4O5/c1-27(2,3)37-23(33)15-29-24(34)21-14-30-26(32-11-10-18-13-19(28)8-9-22(18)32)31-25(21)36-16-17-6-5-7-20(12-17)35-4/h5-9,12-14H,10-11,15-16H2,1-4H3,(H,29,34). The highest BCUT2D eigenvalue weighted by Gasteiger charge is 2.26. The van der Waals surface area contributed by atoms with Crippen molar-refractivity contribution in [3.05, 3.63) is 71.2 Å². The lowest BCUT2D eigenvalue weighted by Crippen LogP contribution is -2.35. The van der Waals surface area contributed by atoms with Gasteiger partial charge in [0.15, 0.2) is 0 Å². The van der Waals surface area contributed by atoms with E-state index in [9.17, 15) is 14.0 Å². The van der Waals surface area contributed by atoms with Crippen LogP contribution in [0.5, 0.6) is 11.6 Å². The van der Waals surface area contributed by atoms with Crippen molar-refractivity contribution in [2.75, 3.05) is 25.1 Å². The molecule has 1 aliphatic heterocycles. The fourth-order valence-corrected chi connectivity index (χ4v) is 3.87. The molecule has 194 valence electrons. The summed E-state index contributed by atoms with van der Waals surface area (Å²) in [6, 6.07) is 11.9. The van der Waals surface area contributed by atoms with Crippen molar-refractivity contribution >= 4 is 23.5 Å². The third-order valence-electron chi connectivity index (χ3n) is 5.49. The summed E-state index contributed by atoms with van der Waals surface area (Å²) < 4.78 is 30.2. The molecule has 0 radical (unpaired) electrons. The summed E-state index contributed by atoms with van der Waals surface area (Å²) in [5.74, 6) is -0.429. The van der Waals surface area contributed by atoms with Gasteiger partial charge >= 0.3 is 5.97 Å². The van der Waals surface area contributed by atoms with E-state index >= 15 is 0 Å². The van der Waals surface area contributed by atoms with E-state index in [0.717, 1.165) is 16.8 Å². The molecule has 10 heteroatoms. The van der Waals surface area contributed by atoms with E-state index in [2.05, 4.69) is 15.3 Å². The molecule has 1 N–H and O–H groups in total. The first-order valence-corrected chi connectivity index (χ1v) is 11.8. The molecule has 0 saturated carbocycles. The molecule has 2 heterocycles. The summed E-state index contributed by atoms with van der Waals surface area (Å²) in [5.41, 5.74) is 1.84. The molecule has 9 nitrogen and oxygen atoms in total. The summed E-state index contributed by atoms with van der Waals surface area (Å²) >= 11 is 0. The molecular formula is C27H29FN4O5. The van der Waals surface area contributed by atoms with Gasteiger partial charge in [-0.15, -0.1) is 0 Å². The fourth-order valence-electron chi connectivity index (χ4n) is 3.87. The highest BCUT2D eigenvalue weighted by Crippen LogP contribution is 2.34. The van der Waals surface area contributed by atoms with Crippen LogP contribution in [-0.4, -0.2) is 47.6 Å². The molecule has 1 amide bonds. The van der Waals surface area contributed by atoms with Crippen LogP contribution in [0.4, 0.5) is 16.0 Å². The van der Waals surface area contributed by atoms with Crippen molar-refractivity contribution in [3.8, 4) is 11.6 Å². The topological polar surface area (TPSA) is 103 Å². The monoisotopic (exact) mass is 508 g/mol. The number of amides is 1. The number of hydrogen-bond acceptors (Lipinski definition) is 8. The molecule has 0 aliphatic carbocycles. The number of rotatable bonds is 8. The Kier molecular flexibility index (Phi) is 7.56. The number of nitrogens with zero attached hydrogens (tertiary/aromatic N) is 3. The molecule has 0 saturated heterocycles. The number of benzene rings is 2. The van der Waals surface area contributed by atoms with Gasteiger partial charge in [0.25, 0.3) is 5.91 Å². The predicted molar refractivity (Wildman–Crippen MR) is 135 cm³/mol. The summed E-state index contributed by atoms with van der Waals surface area (Å²) in [5, 5.41) is 2.54. The maximum Gasteiger partial charge on any atom is 0.325 e. The van der Waals surface area contributed by atoms with E-state index in [-0.39, 0.29) is 30.4 Å². The van der Waals surface area contributed by atoms with E-state index in [1.54, 1.807) is 33.9 Å². The number of ether oxygens (including phenoxy) is 3. The van der Waals surface area contributed by atoms with Crippen molar-refractivity contribution in [2.45, 2.75) is 39.4 Å². The third kappa shape index (κ3) is 6.52. The number of carbonyl (C=O) groups excluding carboxylic acids is 2. The highest BCUT2D eigenvalue weighted by atomic mass is 19.1. The van der Waals surface area contributed by atoms with Crippen molar-refractivity contribution < 1.29 is 28.2 Å². The predicted octanol–water partition coefficient (Wildman–Crippen LogP) is 3.97. The average molecular weight is 509 g/mol. The third-order valence-corrected chi connectivity index (χ3v) is 5.49. The van der Waals surface area contributed by atoms with Crippen LogP contribution in [0, 0.1) is 5.82 Å². The SMILES string of the molecule is COc1cccc(COc2nc(N3CCc4cc(F)ccc43)ncc2C(=O)NCC(=O)OC(C)(C)C)c1. The summed E-state index contributed by atoms with van der Waals surface area (Å²) in [4.78, 5) is 35.8. The van der Waals surface area contributed by atoms with E-state index in [0.29, 0.717) is 24.7 Å². The summed E-state index contributed by atoms with van der Waals surface area (Å²) in [7, 11) is 1.57. The van der Waals surface area contributed by atoms with Crippen LogP contribution >= 0.6 is 0 Å². The Hall–Kier alpha value is -4.21. The van der Waals surface area contributed by atoms with Gasteiger partial charge in [0.1, 0.15) is 35.9 Å². The van der Waals surface area contributed by atoms with Gasteiger partial charge in [-0.3, -0.25) is 9.59 Å². The largest absolute Gasteiger partial charge is 0.497 e. The van der Waals surface area contributed by atoms with Crippen LogP contribution < -0.4 is 19.7 Å². The van der Waals surface area contributed by atoms with Gasteiger partial charge in [0.05, 0.1) is 7.11 Å². The molecule has 0 unspecified atom stereocenters. The van der Waals surface area contributed by atoms with Crippen LogP contribution in [-0.2, 0) is 22.6 Å². The molecule has 0 fully saturated rings. The van der Waals surface area contributed by atoms with Crippen LogP contribution in [0.15, 0.2) is 48.7 Å². The van der Waals surface area contributed by atoms with Crippen LogP contribution in [0.1, 0.15) is 42.3 Å². The zero-order chi connectivity index (χ0) is 26.6. The summed E-state index contributed by atoms with van der Waals surface area (Å²) in [6.45, 7) is 5.58. The second-order valence-corrected chi connectivity index (χ2v) is 9.47. The number of nitrogens with one attached hydrogen (secondary N) is 1. The maximum absolute atomic E-state index is 13.7. The van der Waals surface area contributed by atoms with Gasteiger partial charge in [-0.25, -0.2) is 9.37 Å². The van der Waals surface area contributed by atoms with Crippen molar-refractivity contribution in [1.82, 2.24) is 15.3 Å². The number of fused-ring (bicyclic) bond motifs is 1. The average Bonchev–Trinajstić information content (AvgIpc) is 3.28. The summed E-state index contributed by atoms with van der Waals surface area (Å²) in [6.07, 6.45) is 1.99. The highest BCUT2D eigenvalue weighted by molar-refractivity contribution is 5.97. The van der Waals surface area contributed by atoms with Gasteiger partial charge in [-0.2, -0.15) is 4.98 Å². The Bertz CT molecular complexity index is 1310. The van der Waals surface area contributed by atoms with Gasteiger partial charge in [-0.05, 0) is 68.7 Å². The number of methoxy groups -OCH3 is 1. The Morgan fingerprint density at radius 1 is 1.16 bits per heavy atom. The second kappa shape index (κ2) is 10.8. The van der Waals surface area contributed by atoms with Crippen LogP contribution in [0.2, 0.25) is 0 Å². The molecule has 2 aromatic carbocycles. The Balaban J connectivity index is 1.58. The normalized spacial score (nSPS) is 12.6. The molecule has 0 bridgehead atoms. The molecular weight excluding hydrogens is 479 g/mol. The minimum absolute atomic E-state index is 0.0464. The number of carbonyl (C=O) groups is 2. The molecule has 4 rings (SSSR count). The molecule has 0 atom stereocenters. The lowest BCUT2D eigenvalue weighted by atomic mass is 10.2. The number of halogens is 1. The zero-order valence-corrected chi connectivity index (χ0v) is 21.2. The molecule has 37 heavy (non-hydrogen) atoms. The second-order valence-electron chi connectivity index (χ2n) is 9.47. The Labute approximate surface area is 214 Å². The number of esters is 1. The van der Waals surface area contributed by atoms with Gasteiger partial charge in [0, 0.05) is 18.4 Å². The van der Waals surface area contributed by atoms with Crippen molar-refractivity contribution in [2.24, 2.45) is 0 Å². The zero-order valence-electron chi connectivity index (χ0n) is 21.2.